The molecule has 1 amide bonds. The molecule has 0 saturated heterocycles. The number of nitrogens with zero attached hydrogens (tertiary/aromatic N) is 1. The van der Waals surface area contributed by atoms with Gasteiger partial charge < -0.3 is 15.6 Å². The van der Waals surface area contributed by atoms with Gasteiger partial charge in [-0.05, 0) is 12.8 Å². The van der Waals surface area contributed by atoms with Gasteiger partial charge in [0.25, 0.3) is 0 Å². The molecular formula is C9H14N4O. The Morgan fingerprint density at radius 3 is 3.14 bits per heavy atom. The van der Waals surface area contributed by atoms with Crippen molar-refractivity contribution >= 4 is 5.91 Å². The predicted octanol–water partition coefficient (Wildman–Crippen LogP) is -0.222. The SMILES string of the molecule is O=C(CNC1CC1)NCc1cnc[nH]1. The Kier molecular flexibility index (Phi) is 2.78. The van der Waals surface area contributed by atoms with Crippen LogP contribution in [0.15, 0.2) is 12.5 Å². The van der Waals surface area contributed by atoms with Gasteiger partial charge in [-0.3, -0.25) is 4.79 Å². The molecule has 0 bridgehead atoms. The molecule has 5 nitrogen and oxygen atoms in total. The fraction of sp³-hybridized carbons (Fsp3) is 0.556. The molecule has 0 atom stereocenters. The molecule has 0 aromatic carbocycles. The number of nitrogens with one attached hydrogen (secondary N) is 3. The Hall–Kier alpha value is -1.36. The molecule has 3 N–H and O–H groups in total. The molecule has 2 rings (SSSR count). The zero-order valence-corrected chi connectivity index (χ0v) is 7.92. The summed E-state index contributed by atoms with van der Waals surface area (Å²) in [5.74, 6) is 0.0338. The van der Waals surface area contributed by atoms with E-state index in [1.165, 1.54) is 12.8 Å². The summed E-state index contributed by atoms with van der Waals surface area (Å²) in [4.78, 5) is 18.0. The summed E-state index contributed by atoms with van der Waals surface area (Å²) < 4.78 is 0. The van der Waals surface area contributed by atoms with Crippen LogP contribution < -0.4 is 10.6 Å². The van der Waals surface area contributed by atoms with Gasteiger partial charge in [-0.2, -0.15) is 0 Å². The lowest BCUT2D eigenvalue weighted by molar-refractivity contribution is -0.120. The number of imidazole rings is 1. The third-order valence-electron chi connectivity index (χ3n) is 2.16. The topological polar surface area (TPSA) is 69.8 Å². The van der Waals surface area contributed by atoms with E-state index in [4.69, 9.17) is 0 Å². The predicted molar refractivity (Wildman–Crippen MR) is 51.5 cm³/mol. The van der Waals surface area contributed by atoms with Crippen LogP contribution in [0.4, 0.5) is 0 Å². The second-order valence-electron chi connectivity index (χ2n) is 3.51. The first-order chi connectivity index (χ1) is 6.84. The zero-order chi connectivity index (χ0) is 9.80. The molecule has 0 aliphatic heterocycles. The van der Waals surface area contributed by atoms with Crippen LogP contribution in [0.2, 0.25) is 0 Å². The van der Waals surface area contributed by atoms with Gasteiger partial charge in [0.2, 0.25) is 5.91 Å². The standard InChI is InChI=1S/C9H14N4O/c14-9(5-11-7-1-2-7)12-4-8-3-10-6-13-8/h3,6-7,11H,1-2,4-5H2,(H,10,13)(H,12,14). The number of carbonyl (C=O) groups excluding carboxylic acids is 1. The van der Waals surface area contributed by atoms with Gasteiger partial charge in [0.1, 0.15) is 0 Å². The average molecular weight is 194 g/mol. The maximum atomic E-state index is 11.3. The van der Waals surface area contributed by atoms with Gasteiger partial charge in [-0.15, -0.1) is 0 Å². The number of rotatable bonds is 5. The van der Waals surface area contributed by atoms with Crippen molar-refractivity contribution in [1.29, 1.82) is 0 Å². The fourth-order valence-corrected chi connectivity index (χ4v) is 1.16. The van der Waals surface area contributed by atoms with Crippen LogP contribution in [0.25, 0.3) is 0 Å². The van der Waals surface area contributed by atoms with E-state index < -0.39 is 0 Å². The number of hydrogen-bond acceptors (Lipinski definition) is 3. The molecule has 1 heterocycles. The van der Waals surface area contributed by atoms with Crippen LogP contribution in [0.5, 0.6) is 0 Å². The first-order valence-electron chi connectivity index (χ1n) is 4.82. The van der Waals surface area contributed by atoms with Crippen molar-refractivity contribution in [3.05, 3.63) is 18.2 Å². The molecule has 1 aromatic rings. The van der Waals surface area contributed by atoms with Gasteiger partial charge in [-0.1, -0.05) is 0 Å². The highest BCUT2D eigenvalue weighted by Gasteiger charge is 2.20. The molecule has 1 aromatic heterocycles. The average Bonchev–Trinajstić information content (AvgIpc) is 2.87. The molecule has 1 saturated carbocycles. The van der Waals surface area contributed by atoms with Gasteiger partial charge in [0.05, 0.1) is 25.1 Å². The van der Waals surface area contributed by atoms with E-state index in [1.807, 2.05) is 0 Å². The maximum Gasteiger partial charge on any atom is 0.234 e. The molecule has 0 radical (unpaired) electrons. The number of H-pyrrole nitrogens is 1. The lowest BCUT2D eigenvalue weighted by Gasteiger charge is -2.03. The Balaban J connectivity index is 1.62. The molecule has 0 unspecified atom stereocenters. The first kappa shape index (κ1) is 9.21. The van der Waals surface area contributed by atoms with Crippen LogP contribution in [0.3, 0.4) is 0 Å². The van der Waals surface area contributed by atoms with Crippen LogP contribution in [-0.4, -0.2) is 28.5 Å². The van der Waals surface area contributed by atoms with Crippen LogP contribution in [0, 0.1) is 0 Å². The minimum absolute atomic E-state index is 0.0338. The summed E-state index contributed by atoms with van der Waals surface area (Å²) in [5, 5.41) is 5.94. The third kappa shape index (κ3) is 2.85. The van der Waals surface area contributed by atoms with Crippen molar-refractivity contribution < 1.29 is 4.79 Å². The van der Waals surface area contributed by atoms with Gasteiger partial charge in [-0.25, -0.2) is 4.98 Å². The molecule has 1 aliphatic rings. The summed E-state index contributed by atoms with van der Waals surface area (Å²) in [6.07, 6.45) is 5.71. The normalized spacial score (nSPS) is 15.4. The van der Waals surface area contributed by atoms with Crippen LogP contribution in [-0.2, 0) is 11.3 Å². The second kappa shape index (κ2) is 4.23. The van der Waals surface area contributed by atoms with E-state index in [0.29, 0.717) is 19.1 Å². The lowest BCUT2D eigenvalue weighted by atomic mass is 10.4. The maximum absolute atomic E-state index is 11.3. The van der Waals surface area contributed by atoms with Crippen molar-refractivity contribution in [2.75, 3.05) is 6.54 Å². The number of aromatic nitrogens is 2. The fourth-order valence-electron chi connectivity index (χ4n) is 1.16. The van der Waals surface area contributed by atoms with E-state index in [0.717, 1.165) is 5.69 Å². The van der Waals surface area contributed by atoms with Gasteiger partial charge >= 0.3 is 0 Å². The first-order valence-corrected chi connectivity index (χ1v) is 4.82. The summed E-state index contributed by atoms with van der Waals surface area (Å²) in [7, 11) is 0. The highest BCUT2D eigenvalue weighted by Crippen LogP contribution is 2.17. The summed E-state index contributed by atoms with van der Waals surface area (Å²) in [6, 6.07) is 0.577. The van der Waals surface area contributed by atoms with Gasteiger partial charge in [0.15, 0.2) is 0 Å². The Morgan fingerprint density at radius 1 is 1.64 bits per heavy atom. The third-order valence-corrected chi connectivity index (χ3v) is 2.16. The molecule has 1 aliphatic carbocycles. The number of aromatic amines is 1. The molecular weight excluding hydrogens is 180 g/mol. The minimum atomic E-state index is 0.0338. The van der Waals surface area contributed by atoms with Crippen molar-refractivity contribution in [3.8, 4) is 0 Å². The number of amides is 1. The van der Waals surface area contributed by atoms with Crippen molar-refractivity contribution in [3.63, 3.8) is 0 Å². The van der Waals surface area contributed by atoms with E-state index in [1.54, 1.807) is 12.5 Å². The number of hydrogen-bond donors (Lipinski definition) is 3. The zero-order valence-electron chi connectivity index (χ0n) is 7.92. The molecule has 1 fully saturated rings. The van der Waals surface area contributed by atoms with E-state index in [-0.39, 0.29) is 5.91 Å². The van der Waals surface area contributed by atoms with E-state index in [2.05, 4.69) is 20.6 Å². The van der Waals surface area contributed by atoms with Crippen LogP contribution >= 0.6 is 0 Å². The van der Waals surface area contributed by atoms with E-state index in [9.17, 15) is 4.79 Å². The van der Waals surface area contributed by atoms with Crippen LogP contribution in [0.1, 0.15) is 18.5 Å². The highest BCUT2D eigenvalue weighted by atomic mass is 16.1. The lowest BCUT2D eigenvalue weighted by Crippen LogP contribution is -2.34. The molecule has 0 spiro atoms. The summed E-state index contributed by atoms with van der Waals surface area (Å²) in [6.45, 7) is 0.935. The van der Waals surface area contributed by atoms with Crippen molar-refractivity contribution in [2.24, 2.45) is 0 Å². The summed E-state index contributed by atoms with van der Waals surface area (Å²) in [5.41, 5.74) is 0.921. The molecule has 76 valence electrons. The Bertz CT molecular complexity index is 292. The highest BCUT2D eigenvalue weighted by molar-refractivity contribution is 5.77. The largest absolute Gasteiger partial charge is 0.349 e. The van der Waals surface area contributed by atoms with Crippen molar-refractivity contribution in [1.82, 2.24) is 20.6 Å². The van der Waals surface area contributed by atoms with Crippen molar-refractivity contribution in [2.45, 2.75) is 25.4 Å². The summed E-state index contributed by atoms with van der Waals surface area (Å²) >= 11 is 0. The Labute approximate surface area is 82.3 Å². The van der Waals surface area contributed by atoms with E-state index >= 15 is 0 Å². The molecule has 5 heteroatoms. The minimum Gasteiger partial charge on any atom is -0.349 e. The Morgan fingerprint density at radius 2 is 2.50 bits per heavy atom. The molecule has 14 heavy (non-hydrogen) atoms. The second-order valence-corrected chi connectivity index (χ2v) is 3.51. The number of carbonyl (C=O) groups is 1. The monoisotopic (exact) mass is 194 g/mol. The quantitative estimate of drug-likeness (QED) is 0.607. The smallest absolute Gasteiger partial charge is 0.234 e. The van der Waals surface area contributed by atoms with Gasteiger partial charge in [0, 0.05) is 12.2 Å².